The van der Waals surface area contributed by atoms with Crippen LogP contribution in [-0.4, -0.2) is 226 Å². The lowest BCUT2D eigenvalue weighted by Crippen LogP contribution is -2.68. The van der Waals surface area contributed by atoms with Gasteiger partial charge in [0.1, 0.15) is 73.7 Å². The Morgan fingerprint density at radius 1 is 0.485 bits per heavy atom. The highest BCUT2D eigenvalue weighted by atomic mass is 31.2. The Morgan fingerprint density at radius 2 is 0.960 bits per heavy atom. The average Bonchev–Trinajstić information content (AvgIpc) is 0.775. The predicted octanol–water partition coefficient (Wildman–Crippen LogP) is 6.47. The largest absolute Gasteiger partial charge is 0.472 e. The summed E-state index contributed by atoms with van der Waals surface area (Å²) >= 11 is 0. The van der Waals surface area contributed by atoms with Crippen molar-refractivity contribution < 1.29 is 121 Å². The molecule has 3 aliphatic rings. The van der Waals surface area contributed by atoms with Gasteiger partial charge < -0.3 is 99.6 Å². The van der Waals surface area contributed by atoms with Crippen molar-refractivity contribution in [1.29, 1.82) is 0 Å². The van der Waals surface area contributed by atoms with E-state index in [0.29, 0.717) is 25.7 Å². The van der Waals surface area contributed by atoms with Crippen LogP contribution < -0.4 is 16.0 Å². The molecular formula is C70H126N3O25P. The van der Waals surface area contributed by atoms with Gasteiger partial charge in [0.25, 0.3) is 0 Å². The van der Waals surface area contributed by atoms with E-state index < -0.39 is 156 Å². The van der Waals surface area contributed by atoms with Gasteiger partial charge in [-0.05, 0) is 90.4 Å². The summed E-state index contributed by atoms with van der Waals surface area (Å²) in [5.74, 6) is -2.49. The summed E-state index contributed by atoms with van der Waals surface area (Å²) in [7, 11) is -4.74. The number of nitrogens with one attached hydrogen (secondary N) is 3. The maximum atomic E-state index is 13.0. The van der Waals surface area contributed by atoms with Crippen molar-refractivity contribution in [3.8, 4) is 0 Å². The lowest BCUT2D eigenvalue weighted by atomic mass is 9.95. The van der Waals surface area contributed by atoms with E-state index in [1.54, 1.807) is 0 Å². The number of phosphoric ester groups is 1. The first-order valence-electron chi connectivity index (χ1n) is 36.9. The normalized spacial score (nSPS) is 26.7. The Bertz CT molecular complexity index is 2280. The van der Waals surface area contributed by atoms with Gasteiger partial charge in [-0.2, -0.15) is 0 Å². The number of unbranched alkanes of at least 4 members (excludes halogenated alkanes) is 23. The second kappa shape index (κ2) is 54.1. The molecule has 0 spiro atoms. The van der Waals surface area contributed by atoms with Crippen LogP contribution in [0.15, 0.2) is 24.3 Å². The molecule has 0 radical (unpaired) electrons. The smallest absolute Gasteiger partial charge is 0.462 e. The molecule has 0 aromatic rings. The van der Waals surface area contributed by atoms with E-state index in [4.69, 9.17) is 46.9 Å². The first-order chi connectivity index (χ1) is 47.7. The molecule has 99 heavy (non-hydrogen) atoms. The number of ether oxygens (including phenoxy) is 8. The third kappa shape index (κ3) is 38.6. The summed E-state index contributed by atoms with van der Waals surface area (Å²) in [5.41, 5.74) is 0. The highest BCUT2D eigenvalue weighted by Crippen LogP contribution is 2.43. The molecule has 0 aromatic heterocycles. The van der Waals surface area contributed by atoms with E-state index in [1.165, 1.54) is 84.0 Å². The van der Waals surface area contributed by atoms with Crippen LogP contribution in [0.4, 0.5) is 0 Å². The topological polar surface area (TPSA) is 413 Å². The standard InChI is InChI=1S/C70H126N3O25P/c1-5-7-9-11-13-15-17-19-21-23-25-27-29-31-33-40-57(79)90-48-52(94-58(80)41-34-32-30-28-26-24-22-20-18-16-14-12-10-8-6-2)49-92-99(87,88)91-45-43-72-56(78)39-36-35-38-55(77)71-42-37-44-89-70-67(98-69-65(86)64(85)60(81)50(3)93-69)66(62(83)54(47-75)96-70)97-68-59(73-51(4)76)63(84)61(82)53(46-74)95-68/h19-22,50,52-54,59-70,74-75,81-86H,5-18,23-49H2,1-4H3,(H,71,77)(H,72,78)(H,73,76)(H,87,88)/b21-19+,22-20+/t50?,52?,53?,54?,59?,60-,61+,62+,63-,64+,65?,66+,67?,68-,69+,70-/m1/s1. The number of amides is 3. The quantitative estimate of drug-likeness (QED) is 0.0134. The lowest BCUT2D eigenvalue weighted by molar-refractivity contribution is -0.385. The van der Waals surface area contributed by atoms with Crippen LogP contribution in [0.2, 0.25) is 0 Å². The van der Waals surface area contributed by atoms with Gasteiger partial charge in [0.2, 0.25) is 17.7 Å². The molecule has 0 aliphatic carbocycles. The average molecular weight is 1440 g/mol. The minimum absolute atomic E-state index is 0.0139. The maximum Gasteiger partial charge on any atom is 0.472 e. The van der Waals surface area contributed by atoms with Gasteiger partial charge in [-0.25, -0.2) is 4.57 Å². The predicted molar refractivity (Wildman–Crippen MR) is 366 cm³/mol. The fraction of sp³-hybridized carbons (Fsp3) is 0.871. The van der Waals surface area contributed by atoms with Crippen molar-refractivity contribution >= 4 is 37.5 Å². The zero-order chi connectivity index (χ0) is 72.6. The number of carbonyl (C=O) groups is 5. The van der Waals surface area contributed by atoms with Gasteiger partial charge in [-0.3, -0.25) is 33.0 Å². The molecule has 28 nitrogen and oxygen atoms in total. The molecule has 0 aromatic carbocycles. The van der Waals surface area contributed by atoms with Gasteiger partial charge in [0.15, 0.2) is 25.0 Å². The summed E-state index contributed by atoms with van der Waals surface area (Å²) in [6, 6.07) is -1.49. The first kappa shape index (κ1) is 89.6. The summed E-state index contributed by atoms with van der Waals surface area (Å²) < 4.78 is 69.7. The Hall–Kier alpha value is -3.62. The van der Waals surface area contributed by atoms with Gasteiger partial charge in [0.05, 0.1) is 39.1 Å². The Labute approximate surface area is 587 Å². The summed E-state index contributed by atoms with van der Waals surface area (Å²) in [5, 5.41) is 92.7. The van der Waals surface area contributed by atoms with Gasteiger partial charge in [0, 0.05) is 45.7 Å². The van der Waals surface area contributed by atoms with Gasteiger partial charge >= 0.3 is 19.8 Å². The van der Waals surface area contributed by atoms with E-state index >= 15 is 0 Å². The molecule has 0 saturated carbocycles. The summed E-state index contributed by atoms with van der Waals surface area (Å²) in [4.78, 5) is 73.9. The summed E-state index contributed by atoms with van der Waals surface area (Å²) in [6.07, 6.45) is 15.2. The van der Waals surface area contributed by atoms with E-state index in [2.05, 4.69) is 54.1 Å². The van der Waals surface area contributed by atoms with E-state index in [0.717, 1.165) is 84.0 Å². The molecule has 3 rings (SSSR count). The Kier molecular flexibility index (Phi) is 48.9. The molecule has 3 amide bonds. The monoisotopic (exact) mass is 1440 g/mol. The highest BCUT2D eigenvalue weighted by molar-refractivity contribution is 7.47. The van der Waals surface area contributed by atoms with Crippen LogP contribution in [0.5, 0.6) is 0 Å². The summed E-state index contributed by atoms with van der Waals surface area (Å²) in [6.45, 7) is 3.69. The van der Waals surface area contributed by atoms with Crippen molar-refractivity contribution in [2.24, 2.45) is 0 Å². The van der Waals surface area contributed by atoms with Gasteiger partial charge in [-0.15, -0.1) is 0 Å². The maximum absolute atomic E-state index is 13.0. The number of allylic oxidation sites excluding steroid dienone is 4. The molecule has 576 valence electrons. The zero-order valence-electron chi connectivity index (χ0n) is 59.5. The van der Waals surface area contributed by atoms with Crippen LogP contribution in [0, 0.1) is 0 Å². The van der Waals surface area contributed by atoms with Crippen molar-refractivity contribution in [1.82, 2.24) is 16.0 Å². The fourth-order valence-corrected chi connectivity index (χ4v) is 12.4. The second-order valence-corrected chi connectivity index (χ2v) is 27.7. The van der Waals surface area contributed by atoms with Crippen LogP contribution >= 0.6 is 7.82 Å². The molecule has 17 atom stereocenters. The molecule has 12 N–H and O–H groups in total. The van der Waals surface area contributed by atoms with Crippen molar-refractivity contribution in [3.63, 3.8) is 0 Å². The molecule has 3 heterocycles. The number of phosphoric acid groups is 1. The minimum atomic E-state index is -4.74. The lowest BCUT2D eigenvalue weighted by Gasteiger charge is -2.49. The molecule has 3 fully saturated rings. The zero-order valence-corrected chi connectivity index (χ0v) is 60.4. The molecule has 3 saturated heterocycles. The van der Waals surface area contributed by atoms with Crippen LogP contribution in [-0.2, 0) is 75.5 Å². The SMILES string of the molecule is CCCCCCCC/C=C/CCCCCCCC(=O)OCC(COP(=O)(O)OCCNC(=O)CCCCC(=O)NCCCO[C@@H]1OC(CO)[C@H](O)[C@H](O[C@H]2OC(CO)[C@H](O)[C@H](O)C2NC(C)=O)C1O[C@@H]1OC(C)[C@@H](O)[C@H](O)C1O)OC(=O)CCCCCCC/C=C/CCCCCCCC. The number of rotatable bonds is 57. The molecule has 3 aliphatic heterocycles. The van der Waals surface area contributed by atoms with Crippen LogP contribution in [0.1, 0.15) is 240 Å². The van der Waals surface area contributed by atoms with E-state index in [9.17, 15) is 74.3 Å². The van der Waals surface area contributed by atoms with Gasteiger partial charge in [-0.1, -0.05) is 141 Å². The third-order valence-corrected chi connectivity index (χ3v) is 18.5. The molecular weight excluding hydrogens is 1310 g/mol. The van der Waals surface area contributed by atoms with Crippen LogP contribution in [0.3, 0.4) is 0 Å². The number of hydrogen-bond donors (Lipinski definition) is 12. The van der Waals surface area contributed by atoms with Crippen LogP contribution in [0.25, 0.3) is 0 Å². The number of aliphatic hydroxyl groups excluding tert-OH is 8. The Morgan fingerprint density at radius 3 is 1.49 bits per heavy atom. The van der Waals surface area contributed by atoms with E-state index in [1.807, 2.05) is 0 Å². The fourth-order valence-electron chi connectivity index (χ4n) is 11.6. The van der Waals surface area contributed by atoms with E-state index in [-0.39, 0.29) is 64.3 Å². The molecule has 8 unspecified atom stereocenters. The highest BCUT2D eigenvalue weighted by Gasteiger charge is 2.54. The third-order valence-electron chi connectivity index (χ3n) is 17.5. The molecule has 0 bridgehead atoms. The number of esters is 2. The van der Waals surface area contributed by atoms with Crippen molar-refractivity contribution in [2.45, 2.75) is 338 Å². The van der Waals surface area contributed by atoms with Crippen molar-refractivity contribution in [3.05, 3.63) is 24.3 Å². The second-order valence-electron chi connectivity index (χ2n) is 26.2. The molecule has 29 heteroatoms. The number of carbonyl (C=O) groups excluding carboxylic acids is 5. The minimum Gasteiger partial charge on any atom is -0.462 e. The number of aliphatic hydroxyl groups is 8. The Balaban J connectivity index is 1.42. The first-order valence-corrected chi connectivity index (χ1v) is 38.4. The van der Waals surface area contributed by atoms with Crippen molar-refractivity contribution in [2.75, 3.05) is 52.7 Å². The number of hydrogen-bond acceptors (Lipinski definition) is 24.